The number of hydrogen-bond acceptors (Lipinski definition) is 6. The molecule has 3 rings (SSSR count). The van der Waals surface area contributed by atoms with Crippen molar-refractivity contribution >= 4 is 28.4 Å². The number of nitrogens with zero attached hydrogens (tertiary/aromatic N) is 5. The summed E-state index contributed by atoms with van der Waals surface area (Å²) in [7, 11) is 0. The van der Waals surface area contributed by atoms with Crippen molar-refractivity contribution in [2.75, 3.05) is 31.1 Å². The van der Waals surface area contributed by atoms with Crippen LogP contribution in [-0.2, 0) is 4.79 Å². The van der Waals surface area contributed by atoms with E-state index in [9.17, 15) is 9.59 Å². The third-order valence-electron chi connectivity index (χ3n) is 4.93. The molecule has 0 aliphatic carbocycles. The minimum Gasteiger partial charge on any atom is -0.346 e. The summed E-state index contributed by atoms with van der Waals surface area (Å²) in [5, 5.41) is 8.92. The molecule has 1 spiro atoms. The monoisotopic (exact) mass is 365 g/mol. The van der Waals surface area contributed by atoms with E-state index in [0.29, 0.717) is 31.8 Å². The normalized spacial score (nSPS) is 20.6. The molecular weight excluding hydrogens is 338 g/mol. The van der Waals surface area contributed by atoms with E-state index in [0.717, 1.165) is 18.2 Å². The van der Waals surface area contributed by atoms with Crippen molar-refractivity contribution in [1.82, 2.24) is 20.0 Å². The van der Waals surface area contributed by atoms with Crippen molar-refractivity contribution in [2.24, 2.45) is 11.8 Å². The van der Waals surface area contributed by atoms with E-state index in [1.807, 2.05) is 18.7 Å². The molecule has 0 radical (unpaired) electrons. The molecule has 0 unspecified atom stereocenters. The second-order valence-corrected chi connectivity index (χ2v) is 8.65. The average Bonchev–Trinajstić information content (AvgIpc) is 3.15. The number of urea groups is 1. The first-order chi connectivity index (χ1) is 11.8. The average molecular weight is 366 g/mol. The summed E-state index contributed by atoms with van der Waals surface area (Å²) in [4.78, 5) is 31.7. The predicted octanol–water partition coefficient (Wildman–Crippen LogP) is 2.45. The van der Waals surface area contributed by atoms with Gasteiger partial charge in [-0.25, -0.2) is 4.79 Å². The fourth-order valence-corrected chi connectivity index (χ4v) is 4.40. The number of piperidine rings is 1. The van der Waals surface area contributed by atoms with E-state index in [-0.39, 0.29) is 17.9 Å². The van der Waals surface area contributed by atoms with Crippen LogP contribution in [0, 0.1) is 11.8 Å². The molecule has 7 nitrogen and oxygen atoms in total. The number of hydrogen-bond donors (Lipinski definition) is 0. The van der Waals surface area contributed by atoms with Gasteiger partial charge in [0.1, 0.15) is 11.0 Å². The third-order valence-corrected chi connectivity index (χ3v) is 5.68. The molecule has 1 aromatic rings. The highest BCUT2D eigenvalue weighted by molar-refractivity contribution is 7.13. The molecule has 0 bridgehead atoms. The minimum absolute atomic E-state index is 0.0104. The van der Waals surface area contributed by atoms with Gasteiger partial charge in [0.05, 0.1) is 0 Å². The van der Waals surface area contributed by atoms with Gasteiger partial charge in [0, 0.05) is 26.2 Å². The molecule has 1 aromatic heterocycles. The van der Waals surface area contributed by atoms with Crippen molar-refractivity contribution in [1.29, 1.82) is 0 Å². The van der Waals surface area contributed by atoms with Crippen molar-refractivity contribution < 1.29 is 9.59 Å². The van der Waals surface area contributed by atoms with Crippen LogP contribution in [0.3, 0.4) is 0 Å². The molecule has 2 fully saturated rings. The molecule has 138 valence electrons. The fourth-order valence-electron chi connectivity index (χ4n) is 3.78. The summed E-state index contributed by atoms with van der Waals surface area (Å²) in [5.74, 6) is 0.586. The summed E-state index contributed by atoms with van der Waals surface area (Å²) in [6.45, 7) is 10.8. The maximum atomic E-state index is 13.2. The van der Waals surface area contributed by atoms with Gasteiger partial charge < -0.3 is 9.80 Å². The highest BCUT2D eigenvalue weighted by atomic mass is 32.1. The van der Waals surface area contributed by atoms with E-state index in [4.69, 9.17) is 0 Å². The molecular formula is C17H27N5O2S. The Morgan fingerprint density at radius 3 is 2.28 bits per heavy atom. The van der Waals surface area contributed by atoms with Gasteiger partial charge in [0.2, 0.25) is 5.13 Å². The Morgan fingerprint density at radius 1 is 1.12 bits per heavy atom. The number of amides is 3. The standard InChI is InChI=1S/C17H27N5O2S/c1-12(2)9-21-14(23)17(22(16(21)24)10-13(3)4)5-7-20(8-6-17)15-19-18-11-25-15/h11-13H,5-10H2,1-4H3. The lowest BCUT2D eigenvalue weighted by Gasteiger charge is -2.42. The quantitative estimate of drug-likeness (QED) is 0.750. The molecule has 3 amide bonds. The highest BCUT2D eigenvalue weighted by Crippen LogP contribution is 2.39. The molecule has 0 saturated carbocycles. The Hall–Kier alpha value is -1.70. The number of imide groups is 1. The molecule has 8 heteroatoms. The molecule has 25 heavy (non-hydrogen) atoms. The van der Waals surface area contributed by atoms with Crippen molar-refractivity contribution in [3.8, 4) is 0 Å². The Morgan fingerprint density at radius 2 is 1.76 bits per heavy atom. The third kappa shape index (κ3) is 3.23. The van der Waals surface area contributed by atoms with Crippen LogP contribution in [-0.4, -0.2) is 63.7 Å². The summed E-state index contributed by atoms with van der Waals surface area (Å²) in [6, 6.07) is -0.114. The Bertz CT molecular complexity index is 623. The molecule has 0 N–H and O–H groups in total. The van der Waals surface area contributed by atoms with E-state index in [1.165, 1.54) is 16.2 Å². The van der Waals surface area contributed by atoms with Crippen LogP contribution in [0.1, 0.15) is 40.5 Å². The summed E-state index contributed by atoms with van der Waals surface area (Å²) >= 11 is 1.51. The van der Waals surface area contributed by atoms with Crippen molar-refractivity contribution in [3.63, 3.8) is 0 Å². The van der Waals surface area contributed by atoms with Gasteiger partial charge in [-0.05, 0) is 24.7 Å². The number of rotatable bonds is 5. The van der Waals surface area contributed by atoms with Crippen LogP contribution in [0.15, 0.2) is 5.51 Å². The molecule has 2 aliphatic rings. The molecule has 0 atom stereocenters. The first kappa shape index (κ1) is 18.1. The summed E-state index contributed by atoms with van der Waals surface area (Å²) < 4.78 is 0. The number of carbonyl (C=O) groups excluding carboxylic acids is 2. The first-order valence-electron chi connectivity index (χ1n) is 9.00. The van der Waals surface area contributed by atoms with Gasteiger partial charge in [-0.2, -0.15) is 0 Å². The largest absolute Gasteiger partial charge is 0.346 e. The van der Waals surface area contributed by atoms with Gasteiger partial charge in [0.15, 0.2) is 0 Å². The summed E-state index contributed by atoms with van der Waals surface area (Å²) in [5.41, 5.74) is 1.04. The second kappa shape index (κ2) is 6.90. The smallest absolute Gasteiger partial charge is 0.327 e. The number of aromatic nitrogens is 2. The number of anilines is 1. The van der Waals surface area contributed by atoms with Crippen LogP contribution < -0.4 is 4.90 Å². The van der Waals surface area contributed by atoms with E-state index >= 15 is 0 Å². The van der Waals surface area contributed by atoms with E-state index < -0.39 is 5.54 Å². The number of carbonyl (C=O) groups is 2. The summed E-state index contributed by atoms with van der Waals surface area (Å²) in [6.07, 6.45) is 1.30. The van der Waals surface area contributed by atoms with Gasteiger partial charge in [-0.1, -0.05) is 39.0 Å². The van der Waals surface area contributed by atoms with E-state index in [2.05, 4.69) is 28.9 Å². The zero-order valence-electron chi connectivity index (χ0n) is 15.4. The Kier molecular flexibility index (Phi) is 4.99. The van der Waals surface area contributed by atoms with Crippen molar-refractivity contribution in [2.45, 2.75) is 46.1 Å². The Labute approximate surface area is 153 Å². The van der Waals surface area contributed by atoms with Crippen LogP contribution in [0.4, 0.5) is 9.93 Å². The molecule has 0 aromatic carbocycles. The van der Waals surface area contributed by atoms with Crippen LogP contribution in [0.2, 0.25) is 0 Å². The minimum atomic E-state index is -0.683. The first-order valence-corrected chi connectivity index (χ1v) is 9.88. The van der Waals surface area contributed by atoms with Gasteiger partial charge in [0.25, 0.3) is 5.91 Å². The lowest BCUT2D eigenvalue weighted by Crippen LogP contribution is -2.57. The lowest BCUT2D eigenvalue weighted by atomic mass is 9.85. The Balaban J connectivity index is 1.83. The topological polar surface area (TPSA) is 69.6 Å². The fraction of sp³-hybridized carbons (Fsp3) is 0.765. The zero-order chi connectivity index (χ0) is 18.2. The van der Waals surface area contributed by atoms with Crippen molar-refractivity contribution in [3.05, 3.63) is 5.51 Å². The van der Waals surface area contributed by atoms with Gasteiger partial charge in [-0.3, -0.25) is 9.69 Å². The van der Waals surface area contributed by atoms with Crippen LogP contribution in [0.5, 0.6) is 0 Å². The van der Waals surface area contributed by atoms with Gasteiger partial charge in [-0.15, -0.1) is 10.2 Å². The maximum Gasteiger partial charge on any atom is 0.327 e. The van der Waals surface area contributed by atoms with Crippen LogP contribution >= 0.6 is 11.3 Å². The zero-order valence-corrected chi connectivity index (χ0v) is 16.3. The predicted molar refractivity (Wildman–Crippen MR) is 97.6 cm³/mol. The van der Waals surface area contributed by atoms with Gasteiger partial charge >= 0.3 is 6.03 Å². The second-order valence-electron chi connectivity index (χ2n) is 7.84. The van der Waals surface area contributed by atoms with E-state index in [1.54, 1.807) is 5.51 Å². The van der Waals surface area contributed by atoms with Crippen LogP contribution in [0.25, 0.3) is 0 Å². The molecule has 2 saturated heterocycles. The molecule has 3 heterocycles. The lowest BCUT2D eigenvalue weighted by molar-refractivity contribution is -0.134. The molecule has 2 aliphatic heterocycles. The maximum absolute atomic E-state index is 13.2. The highest BCUT2D eigenvalue weighted by Gasteiger charge is 2.57. The SMILES string of the molecule is CC(C)CN1C(=O)N(CC(C)C)C2(CCN(c3nncs3)CC2)C1=O.